The molecule has 0 aliphatic carbocycles. The number of nitrogens with zero attached hydrogens (tertiary/aromatic N) is 1. The maximum absolute atomic E-state index is 12.7. The maximum Gasteiger partial charge on any atom is 0.259 e. The van der Waals surface area contributed by atoms with E-state index in [2.05, 4.69) is 21.2 Å². The molecule has 0 bridgehead atoms. The number of halogens is 2. The van der Waals surface area contributed by atoms with E-state index in [9.17, 15) is 14.4 Å². The summed E-state index contributed by atoms with van der Waals surface area (Å²) in [4.78, 5) is 37.1. The highest BCUT2D eigenvalue weighted by Crippen LogP contribution is 2.42. The van der Waals surface area contributed by atoms with Crippen LogP contribution in [-0.2, 0) is 11.3 Å². The topological polar surface area (TPSA) is 77.4 Å². The molecule has 0 fully saturated rings. The van der Waals surface area contributed by atoms with Crippen LogP contribution in [0.5, 0.6) is 0 Å². The molecule has 1 aromatic heterocycles. The summed E-state index contributed by atoms with van der Waals surface area (Å²) in [5, 5.41) is 3.38. The lowest BCUT2D eigenvalue weighted by Gasteiger charge is -2.12. The Kier molecular flexibility index (Phi) is 5.29. The average Bonchev–Trinajstić information content (AvgIpc) is 3.15. The number of aromatic nitrogens is 1. The van der Waals surface area contributed by atoms with Crippen molar-refractivity contribution < 1.29 is 19.1 Å². The second-order valence-electron chi connectivity index (χ2n) is 6.65. The third kappa shape index (κ3) is 3.10. The highest BCUT2D eigenvalue weighted by Gasteiger charge is 2.35. The zero-order valence-electron chi connectivity index (χ0n) is 15.4. The van der Waals surface area contributed by atoms with Crippen LogP contribution < -0.4 is 5.32 Å². The molecule has 0 spiro atoms. The third-order valence-corrected chi connectivity index (χ3v) is 6.15. The number of carbonyl (C=O) groups is 3. The summed E-state index contributed by atoms with van der Waals surface area (Å²) in [5.41, 5.74) is 2.79. The van der Waals surface area contributed by atoms with E-state index in [0.29, 0.717) is 56.8 Å². The van der Waals surface area contributed by atoms with Gasteiger partial charge in [0.15, 0.2) is 6.29 Å². The molecule has 29 heavy (non-hydrogen) atoms. The molecule has 6 nitrogen and oxygen atoms in total. The van der Waals surface area contributed by atoms with E-state index in [1.807, 2.05) is 16.7 Å². The Balaban J connectivity index is 2.10. The number of carbonyl (C=O) groups excluding carboxylic acids is 3. The number of hydrogen-bond acceptors (Lipinski definition) is 4. The second kappa shape index (κ2) is 7.74. The van der Waals surface area contributed by atoms with Crippen LogP contribution in [0.4, 0.5) is 0 Å². The molecule has 0 saturated heterocycles. The van der Waals surface area contributed by atoms with Gasteiger partial charge in [-0.25, -0.2) is 0 Å². The average molecular weight is 476 g/mol. The Morgan fingerprint density at radius 3 is 2.59 bits per heavy atom. The minimum atomic E-state index is -0.490. The highest BCUT2D eigenvalue weighted by atomic mass is 79.9. The van der Waals surface area contributed by atoms with E-state index >= 15 is 0 Å². The van der Waals surface area contributed by atoms with Gasteiger partial charge in [0.25, 0.3) is 11.8 Å². The van der Waals surface area contributed by atoms with Crippen molar-refractivity contribution in [3.8, 4) is 11.1 Å². The van der Waals surface area contributed by atoms with Crippen LogP contribution in [0.25, 0.3) is 22.0 Å². The van der Waals surface area contributed by atoms with Gasteiger partial charge >= 0.3 is 0 Å². The van der Waals surface area contributed by atoms with Crippen molar-refractivity contribution in [1.82, 2.24) is 9.88 Å². The molecule has 0 atom stereocenters. The zero-order valence-corrected chi connectivity index (χ0v) is 17.8. The molecule has 1 aliphatic heterocycles. The number of fused-ring (bicyclic) bond motifs is 3. The lowest BCUT2D eigenvalue weighted by atomic mass is 9.94. The maximum atomic E-state index is 12.7. The fourth-order valence-electron chi connectivity index (χ4n) is 3.79. The van der Waals surface area contributed by atoms with Gasteiger partial charge in [-0.2, -0.15) is 0 Å². The van der Waals surface area contributed by atoms with E-state index in [1.54, 1.807) is 25.3 Å². The molecular formula is C21H16BrClN2O4. The van der Waals surface area contributed by atoms with Crippen LogP contribution in [0.1, 0.15) is 37.6 Å². The summed E-state index contributed by atoms with van der Waals surface area (Å²) in [5.74, 6) is -0.968. The molecule has 2 heterocycles. The first-order valence-electron chi connectivity index (χ1n) is 8.93. The number of hydrogen-bond donors (Lipinski definition) is 1. The summed E-state index contributed by atoms with van der Waals surface area (Å²) in [6, 6.07) is 8.96. The molecule has 148 valence electrons. The van der Waals surface area contributed by atoms with Gasteiger partial charge in [-0.1, -0.05) is 29.8 Å². The van der Waals surface area contributed by atoms with E-state index in [0.717, 1.165) is 6.29 Å². The summed E-state index contributed by atoms with van der Waals surface area (Å²) >= 11 is 9.86. The van der Waals surface area contributed by atoms with Crippen molar-refractivity contribution in [2.75, 3.05) is 13.7 Å². The standard InChI is InChI=1S/C21H16BrClN2O4/c1-29-8-4-7-25-14-9-12(11-5-2-3-6-13(11)23)16-18(21(28)24-20(16)27)17(14)19(22)15(25)10-26/h2-3,5-6,9-10H,4,7-8H2,1H3,(H,24,27,28). The van der Waals surface area contributed by atoms with Crippen molar-refractivity contribution in [3.05, 3.63) is 56.6 Å². The van der Waals surface area contributed by atoms with Crippen molar-refractivity contribution >= 4 is 56.5 Å². The Morgan fingerprint density at radius 2 is 1.90 bits per heavy atom. The predicted octanol–water partition coefficient (Wildman–Crippen LogP) is 4.46. The Labute approximate surface area is 179 Å². The van der Waals surface area contributed by atoms with Crippen LogP contribution in [0.3, 0.4) is 0 Å². The van der Waals surface area contributed by atoms with E-state index in [1.165, 1.54) is 0 Å². The molecule has 0 saturated carbocycles. The summed E-state index contributed by atoms with van der Waals surface area (Å²) < 4.78 is 7.46. The minimum absolute atomic E-state index is 0.253. The number of methoxy groups -OCH3 is 1. The van der Waals surface area contributed by atoms with Crippen LogP contribution in [0.2, 0.25) is 5.02 Å². The lowest BCUT2D eigenvalue weighted by Crippen LogP contribution is -2.20. The van der Waals surface area contributed by atoms with Crippen LogP contribution in [-0.4, -0.2) is 36.4 Å². The van der Waals surface area contributed by atoms with Crippen LogP contribution >= 0.6 is 27.5 Å². The first-order chi connectivity index (χ1) is 14.0. The number of imide groups is 1. The Hall–Kier alpha value is -2.48. The Morgan fingerprint density at radius 1 is 1.17 bits per heavy atom. The SMILES string of the molecule is COCCCn1c(C=O)c(Br)c2c3c(c(-c4ccccc4Cl)cc21)C(=O)NC3=O. The minimum Gasteiger partial charge on any atom is -0.385 e. The molecule has 3 aromatic rings. The fourth-order valence-corrected chi connectivity index (χ4v) is 4.73. The molecule has 0 unspecified atom stereocenters. The van der Waals surface area contributed by atoms with Gasteiger partial charge < -0.3 is 9.30 Å². The highest BCUT2D eigenvalue weighted by molar-refractivity contribution is 9.10. The van der Waals surface area contributed by atoms with Crippen molar-refractivity contribution in [2.45, 2.75) is 13.0 Å². The molecule has 2 amide bonds. The second-order valence-corrected chi connectivity index (χ2v) is 7.85. The first kappa shape index (κ1) is 19.8. The van der Waals surface area contributed by atoms with E-state index < -0.39 is 11.8 Å². The summed E-state index contributed by atoms with van der Waals surface area (Å²) in [6.07, 6.45) is 1.42. The van der Waals surface area contributed by atoms with Crippen LogP contribution in [0.15, 0.2) is 34.8 Å². The van der Waals surface area contributed by atoms with Gasteiger partial charge in [0, 0.05) is 36.2 Å². The molecule has 8 heteroatoms. The van der Waals surface area contributed by atoms with Gasteiger partial charge in [0.2, 0.25) is 0 Å². The number of aldehydes is 1. The number of amides is 2. The largest absolute Gasteiger partial charge is 0.385 e. The van der Waals surface area contributed by atoms with Gasteiger partial charge in [0.05, 0.1) is 26.8 Å². The van der Waals surface area contributed by atoms with Crippen molar-refractivity contribution in [2.24, 2.45) is 0 Å². The van der Waals surface area contributed by atoms with Gasteiger partial charge in [0.1, 0.15) is 0 Å². The van der Waals surface area contributed by atoms with E-state index in [-0.39, 0.29) is 11.1 Å². The van der Waals surface area contributed by atoms with Gasteiger partial charge in [-0.3, -0.25) is 19.7 Å². The summed E-state index contributed by atoms with van der Waals surface area (Å²) in [6.45, 7) is 1.04. The normalized spacial score (nSPS) is 13.1. The molecule has 2 aromatic carbocycles. The van der Waals surface area contributed by atoms with E-state index in [4.69, 9.17) is 16.3 Å². The number of nitrogens with one attached hydrogen (secondary N) is 1. The quantitative estimate of drug-likeness (QED) is 0.324. The molecule has 1 aliphatic rings. The van der Waals surface area contributed by atoms with Crippen molar-refractivity contribution in [1.29, 1.82) is 0 Å². The molecule has 1 N–H and O–H groups in total. The predicted molar refractivity (Wildman–Crippen MR) is 114 cm³/mol. The number of benzene rings is 2. The lowest BCUT2D eigenvalue weighted by molar-refractivity contribution is 0.0880. The Bertz CT molecular complexity index is 1190. The number of ether oxygens (including phenoxy) is 1. The summed E-state index contributed by atoms with van der Waals surface area (Å²) in [7, 11) is 1.61. The zero-order chi connectivity index (χ0) is 20.7. The monoisotopic (exact) mass is 474 g/mol. The van der Waals surface area contributed by atoms with Gasteiger partial charge in [-0.15, -0.1) is 0 Å². The molecule has 4 rings (SSSR count). The fraction of sp³-hybridized carbons (Fsp3) is 0.190. The smallest absolute Gasteiger partial charge is 0.259 e. The third-order valence-electron chi connectivity index (χ3n) is 5.02. The molecule has 0 radical (unpaired) electrons. The number of aryl methyl sites for hydroxylation is 1. The van der Waals surface area contributed by atoms with Crippen LogP contribution in [0, 0.1) is 0 Å². The van der Waals surface area contributed by atoms with Crippen molar-refractivity contribution in [3.63, 3.8) is 0 Å². The number of rotatable bonds is 6. The molecular weight excluding hydrogens is 460 g/mol. The van der Waals surface area contributed by atoms with Gasteiger partial charge in [-0.05, 0) is 40.0 Å². The first-order valence-corrected chi connectivity index (χ1v) is 10.1.